The van der Waals surface area contributed by atoms with Crippen LogP contribution in [-0.2, 0) is 4.79 Å². The number of nitrogens with zero attached hydrogens (tertiary/aromatic N) is 1. The van der Waals surface area contributed by atoms with Crippen LogP contribution in [0, 0.1) is 0 Å². The molecule has 8 heteroatoms. The van der Waals surface area contributed by atoms with Gasteiger partial charge in [0.2, 0.25) is 5.91 Å². The summed E-state index contributed by atoms with van der Waals surface area (Å²) in [7, 11) is 0. The molecule has 0 atom stereocenters. The number of hydrogen-bond donors (Lipinski definition) is 4. The molecule has 100 valence electrons. The second-order valence-electron chi connectivity index (χ2n) is 3.66. The monoisotopic (exact) mass is 271 g/mol. The molecule has 0 saturated carbocycles. The molecule has 2 amide bonds. The van der Waals surface area contributed by atoms with Crippen LogP contribution in [0.1, 0.15) is 30.1 Å². The lowest BCUT2D eigenvalue weighted by atomic mass is 10.3. The summed E-state index contributed by atoms with van der Waals surface area (Å²) in [5.41, 5.74) is 10.9. The van der Waals surface area contributed by atoms with Crippen molar-refractivity contribution < 1.29 is 9.59 Å². The van der Waals surface area contributed by atoms with E-state index in [1.807, 2.05) is 6.92 Å². The molecule has 1 aromatic heterocycles. The lowest BCUT2D eigenvalue weighted by molar-refractivity contribution is -0.120. The van der Waals surface area contributed by atoms with Gasteiger partial charge in [-0.1, -0.05) is 6.92 Å². The number of rotatable bonds is 7. The van der Waals surface area contributed by atoms with Crippen LogP contribution in [0.25, 0.3) is 0 Å². The van der Waals surface area contributed by atoms with Gasteiger partial charge in [0.25, 0.3) is 5.91 Å². The standard InChI is InChI=1S/C10H17N5O2S/c1-2-4-13-6(16)3-5-14-10-7(9(12)17)8(11)15-18-10/h14H,2-5H2,1H3,(H2,11,15)(H2,12,17)(H,13,16). The van der Waals surface area contributed by atoms with Crippen LogP contribution in [-0.4, -0.2) is 29.3 Å². The van der Waals surface area contributed by atoms with Crippen molar-refractivity contribution >= 4 is 34.2 Å². The molecule has 7 nitrogen and oxygen atoms in total. The number of nitrogens with one attached hydrogen (secondary N) is 2. The number of primary amides is 1. The summed E-state index contributed by atoms with van der Waals surface area (Å²) in [4.78, 5) is 22.5. The van der Waals surface area contributed by atoms with Gasteiger partial charge in [0.15, 0.2) is 5.82 Å². The first kappa shape index (κ1) is 14.2. The van der Waals surface area contributed by atoms with E-state index in [1.165, 1.54) is 0 Å². The number of carbonyl (C=O) groups is 2. The molecule has 0 aliphatic heterocycles. The lowest BCUT2D eigenvalue weighted by Crippen LogP contribution is -2.26. The molecule has 0 radical (unpaired) electrons. The van der Waals surface area contributed by atoms with E-state index < -0.39 is 5.91 Å². The van der Waals surface area contributed by atoms with Gasteiger partial charge < -0.3 is 22.1 Å². The van der Waals surface area contributed by atoms with Crippen molar-refractivity contribution in [3.63, 3.8) is 0 Å². The van der Waals surface area contributed by atoms with E-state index in [0.717, 1.165) is 18.0 Å². The third kappa shape index (κ3) is 3.88. The third-order valence-corrected chi connectivity index (χ3v) is 2.99. The number of anilines is 2. The molecule has 0 saturated heterocycles. The van der Waals surface area contributed by atoms with Crippen molar-refractivity contribution in [2.45, 2.75) is 19.8 Å². The summed E-state index contributed by atoms with van der Waals surface area (Å²) in [5, 5.41) is 6.19. The zero-order valence-corrected chi connectivity index (χ0v) is 11.0. The summed E-state index contributed by atoms with van der Waals surface area (Å²) in [6.07, 6.45) is 1.21. The van der Waals surface area contributed by atoms with Crippen molar-refractivity contribution in [3.8, 4) is 0 Å². The average molecular weight is 271 g/mol. The maximum Gasteiger partial charge on any atom is 0.255 e. The van der Waals surface area contributed by atoms with Crippen molar-refractivity contribution in [3.05, 3.63) is 5.56 Å². The number of amides is 2. The van der Waals surface area contributed by atoms with Gasteiger partial charge in [0.1, 0.15) is 10.6 Å². The normalized spacial score (nSPS) is 10.1. The summed E-state index contributed by atoms with van der Waals surface area (Å²) in [6.45, 7) is 3.05. The molecular formula is C10H17N5O2S. The topological polar surface area (TPSA) is 123 Å². The van der Waals surface area contributed by atoms with Crippen molar-refractivity contribution in [1.29, 1.82) is 0 Å². The summed E-state index contributed by atoms with van der Waals surface area (Å²) < 4.78 is 3.84. The Balaban J connectivity index is 2.44. The van der Waals surface area contributed by atoms with E-state index in [4.69, 9.17) is 11.5 Å². The van der Waals surface area contributed by atoms with Crippen molar-refractivity contribution in [2.75, 3.05) is 24.1 Å². The zero-order valence-electron chi connectivity index (χ0n) is 10.2. The van der Waals surface area contributed by atoms with Crippen LogP contribution < -0.4 is 22.1 Å². The smallest absolute Gasteiger partial charge is 0.255 e. The maximum atomic E-state index is 11.3. The average Bonchev–Trinajstić information content (AvgIpc) is 2.68. The first-order chi connectivity index (χ1) is 8.56. The Morgan fingerprint density at radius 1 is 1.39 bits per heavy atom. The van der Waals surface area contributed by atoms with Crippen molar-refractivity contribution in [2.24, 2.45) is 5.73 Å². The molecule has 0 aliphatic carbocycles. The summed E-state index contributed by atoms with van der Waals surface area (Å²) in [5.74, 6) is -0.549. The van der Waals surface area contributed by atoms with E-state index in [0.29, 0.717) is 24.5 Å². The summed E-state index contributed by atoms with van der Waals surface area (Å²) >= 11 is 1.06. The fourth-order valence-electron chi connectivity index (χ4n) is 1.30. The van der Waals surface area contributed by atoms with Gasteiger partial charge in [-0.15, -0.1) is 0 Å². The minimum atomic E-state index is -0.626. The highest BCUT2D eigenvalue weighted by molar-refractivity contribution is 7.11. The minimum absolute atomic E-state index is 0.0394. The van der Waals surface area contributed by atoms with Gasteiger partial charge in [-0.3, -0.25) is 9.59 Å². The Kier molecular flexibility index (Phi) is 5.37. The molecule has 6 N–H and O–H groups in total. The number of aromatic nitrogens is 1. The highest BCUT2D eigenvalue weighted by atomic mass is 32.1. The Morgan fingerprint density at radius 3 is 2.72 bits per heavy atom. The third-order valence-electron chi connectivity index (χ3n) is 2.17. The molecule has 0 aromatic carbocycles. The van der Waals surface area contributed by atoms with E-state index >= 15 is 0 Å². The number of nitrogen functional groups attached to an aromatic ring is 1. The Hall–Kier alpha value is -1.83. The predicted octanol–water partition coefficient (Wildman–Crippen LogP) is 0.152. The molecule has 0 aliphatic rings. The van der Waals surface area contributed by atoms with Gasteiger partial charge in [-0.2, -0.15) is 4.37 Å². The molecule has 1 heterocycles. The first-order valence-corrected chi connectivity index (χ1v) is 6.39. The van der Waals surface area contributed by atoms with Crippen LogP contribution in [0.3, 0.4) is 0 Å². The molecule has 0 unspecified atom stereocenters. The number of carbonyl (C=O) groups excluding carboxylic acids is 2. The maximum absolute atomic E-state index is 11.3. The van der Waals surface area contributed by atoms with Crippen LogP contribution in [0.2, 0.25) is 0 Å². The Labute approximate surface area is 109 Å². The second-order valence-corrected chi connectivity index (χ2v) is 4.44. The van der Waals surface area contributed by atoms with Crippen LogP contribution in [0.5, 0.6) is 0 Å². The first-order valence-electron chi connectivity index (χ1n) is 5.61. The van der Waals surface area contributed by atoms with Gasteiger partial charge >= 0.3 is 0 Å². The second kappa shape index (κ2) is 6.80. The Bertz CT molecular complexity index is 432. The highest BCUT2D eigenvalue weighted by Gasteiger charge is 2.16. The SMILES string of the molecule is CCCNC(=O)CCNc1snc(N)c1C(N)=O. The van der Waals surface area contributed by atoms with Crippen LogP contribution in [0.15, 0.2) is 0 Å². The number of nitrogens with two attached hydrogens (primary N) is 2. The molecule has 18 heavy (non-hydrogen) atoms. The zero-order chi connectivity index (χ0) is 13.5. The van der Waals surface area contributed by atoms with E-state index in [1.54, 1.807) is 0 Å². The van der Waals surface area contributed by atoms with Crippen LogP contribution in [0.4, 0.5) is 10.8 Å². The fraction of sp³-hybridized carbons (Fsp3) is 0.500. The molecule has 0 fully saturated rings. The van der Waals surface area contributed by atoms with E-state index in [-0.39, 0.29) is 17.3 Å². The molecule has 0 spiro atoms. The van der Waals surface area contributed by atoms with E-state index in [9.17, 15) is 9.59 Å². The molecular weight excluding hydrogens is 254 g/mol. The molecule has 0 bridgehead atoms. The minimum Gasteiger partial charge on any atom is -0.382 e. The fourth-order valence-corrected chi connectivity index (χ4v) is 2.05. The van der Waals surface area contributed by atoms with Crippen LogP contribution >= 0.6 is 11.5 Å². The van der Waals surface area contributed by atoms with Gasteiger partial charge in [0, 0.05) is 19.5 Å². The summed E-state index contributed by atoms with van der Waals surface area (Å²) in [6, 6.07) is 0. The molecule has 1 rings (SSSR count). The van der Waals surface area contributed by atoms with Gasteiger partial charge in [-0.05, 0) is 18.0 Å². The molecule has 1 aromatic rings. The van der Waals surface area contributed by atoms with E-state index in [2.05, 4.69) is 15.0 Å². The lowest BCUT2D eigenvalue weighted by Gasteiger charge is -2.05. The predicted molar refractivity (Wildman–Crippen MR) is 71.5 cm³/mol. The quantitative estimate of drug-likeness (QED) is 0.562. The van der Waals surface area contributed by atoms with Gasteiger partial charge in [0.05, 0.1) is 0 Å². The van der Waals surface area contributed by atoms with Crippen molar-refractivity contribution in [1.82, 2.24) is 9.69 Å². The number of hydrogen-bond acceptors (Lipinski definition) is 6. The highest BCUT2D eigenvalue weighted by Crippen LogP contribution is 2.25. The largest absolute Gasteiger partial charge is 0.382 e. The Morgan fingerprint density at radius 2 is 2.11 bits per heavy atom. The van der Waals surface area contributed by atoms with Gasteiger partial charge in [-0.25, -0.2) is 0 Å².